The second-order valence-corrected chi connectivity index (χ2v) is 8.61. The van der Waals surface area contributed by atoms with Gasteiger partial charge in [0.1, 0.15) is 0 Å². The summed E-state index contributed by atoms with van der Waals surface area (Å²) in [5.74, 6) is 0.192. The average Bonchev–Trinajstić information content (AvgIpc) is 2.81. The van der Waals surface area contributed by atoms with Gasteiger partial charge in [-0.05, 0) is 56.6 Å². The Hall–Kier alpha value is -2.64. The normalized spacial score (nSPS) is 22.0. The van der Waals surface area contributed by atoms with Crippen molar-refractivity contribution in [1.82, 2.24) is 20.5 Å². The molecular formula is C23H28ClN5O2. The van der Waals surface area contributed by atoms with E-state index in [0.29, 0.717) is 24.5 Å². The van der Waals surface area contributed by atoms with Crippen molar-refractivity contribution in [2.24, 2.45) is 5.92 Å². The summed E-state index contributed by atoms with van der Waals surface area (Å²) in [7, 11) is 0. The molecule has 2 saturated heterocycles. The standard InChI is InChI=1S/C23H28ClN5O2/c24-17-6-7-20(26-14-17)19-15-29(22(30)16-8-11-25-12-9-16)13-10-21(19)28-23(31)27-18-4-2-1-3-5-18/h1-7,14,16,19,21,25H,8-13,15H2,(H2,27,28,31)/t19-,21+/m0/s1. The molecule has 0 saturated carbocycles. The van der Waals surface area contributed by atoms with E-state index in [1.54, 1.807) is 12.3 Å². The van der Waals surface area contributed by atoms with Crippen LogP contribution in [0.25, 0.3) is 0 Å². The van der Waals surface area contributed by atoms with Gasteiger partial charge in [0.2, 0.25) is 5.91 Å². The monoisotopic (exact) mass is 441 g/mol. The Kier molecular flexibility index (Phi) is 7.04. The SMILES string of the molecule is O=C(Nc1ccccc1)N[C@@H]1CCN(C(=O)C2CCNCC2)C[C@H]1c1ccc(Cl)cn1. The third-order valence-corrected chi connectivity index (χ3v) is 6.31. The molecule has 0 bridgehead atoms. The van der Waals surface area contributed by atoms with E-state index >= 15 is 0 Å². The number of nitrogens with one attached hydrogen (secondary N) is 3. The summed E-state index contributed by atoms with van der Waals surface area (Å²) in [6.07, 6.45) is 4.04. The predicted octanol–water partition coefficient (Wildman–Crippen LogP) is 3.24. The Balaban J connectivity index is 1.47. The van der Waals surface area contributed by atoms with Crippen molar-refractivity contribution < 1.29 is 9.59 Å². The number of para-hydroxylation sites is 1. The third-order valence-electron chi connectivity index (χ3n) is 6.09. The van der Waals surface area contributed by atoms with E-state index in [1.807, 2.05) is 41.3 Å². The molecule has 2 atom stereocenters. The summed E-state index contributed by atoms with van der Waals surface area (Å²) < 4.78 is 0. The average molecular weight is 442 g/mol. The quantitative estimate of drug-likeness (QED) is 0.679. The zero-order valence-electron chi connectivity index (χ0n) is 17.4. The van der Waals surface area contributed by atoms with Crippen molar-refractivity contribution >= 4 is 29.2 Å². The molecule has 164 valence electrons. The molecule has 1 aromatic carbocycles. The van der Waals surface area contributed by atoms with Crippen molar-refractivity contribution in [3.8, 4) is 0 Å². The lowest BCUT2D eigenvalue weighted by molar-refractivity contribution is -0.137. The molecule has 1 aromatic heterocycles. The van der Waals surface area contributed by atoms with E-state index in [2.05, 4.69) is 20.9 Å². The van der Waals surface area contributed by atoms with Gasteiger partial charge >= 0.3 is 6.03 Å². The third kappa shape index (κ3) is 5.54. The number of piperidine rings is 2. The van der Waals surface area contributed by atoms with Crippen LogP contribution in [0.2, 0.25) is 5.02 Å². The van der Waals surface area contributed by atoms with E-state index < -0.39 is 0 Å². The maximum atomic E-state index is 13.1. The lowest BCUT2D eigenvalue weighted by Crippen LogP contribution is -2.53. The fourth-order valence-corrected chi connectivity index (χ4v) is 4.53. The maximum Gasteiger partial charge on any atom is 0.319 e. The molecule has 2 aliphatic rings. The van der Waals surface area contributed by atoms with E-state index in [1.165, 1.54) is 0 Å². The van der Waals surface area contributed by atoms with Crippen LogP contribution in [0.15, 0.2) is 48.7 Å². The number of halogens is 1. The number of rotatable bonds is 4. The minimum absolute atomic E-state index is 0.0750. The van der Waals surface area contributed by atoms with E-state index in [-0.39, 0.29) is 29.8 Å². The van der Waals surface area contributed by atoms with Gasteiger partial charge in [0.15, 0.2) is 0 Å². The molecule has 7 nitrogen and oxygen atoms in total. The van der Waals surface area contributed by atoms with Crippen LogP contribution in [0.1, 0.15) is 30.9 Å². The van der Waals surface area contributed by atoms with Gasteiger partial charge in [0.05, 0.1) is 5.02 Å². The van der Waals surface area contributed by atoms with E-state index in [4.69, 9.17) is 11.6 Å². The highest BCUT2D eigenvalue weighted by atomic mass is 35.5. The Morgan fingerprint density at radius 1 is 1.06 bits per heavy atom. The molecule has 3 amide bonds. The number of urea groups is 1. The lowest BCUT2D eigenvalue weighted by Gasteiger charge is -2.40. The zero-order valence-corrected chi connectivity index (χ0v) is 18.1. The van der Waals surface area contributed by atoms with Crippen LogP contribution >= 0.6 is 11.6 Å². The largest absolute Gasteiger partial charge is 0.342 e. The first-order valence-corrected chi connectivity index (χ1v) is 11.2. The number of carbonyl (C=O) groups excluding carboxylic acids is 2. The maximum absolute atomic E-state index is 13.1. The number of carbonyl (C=O) groups is 2. The molecule has 31 heavy (non-hydrogen) atoms. The van der Waals surface area contributed by atoms with Gasteiger partial charge in [-0.25, -0.2) is 4.79 Å². The molecule has 0 spiro atoms. The topological polar surface area (TPSA) is 86.4 Å². The van der Waals surface area contributed by atoms with Gasteiger partial charge in [-0.3, -0.25) is 9.78 Å². The zero-order chi connectivity index (χ0) is 21.6. The highest BCUT2D eigenvalue weighted by molar-refractivity contribution is 6.30. The van der Waals surface area contributed by atoms with Crippen LogP contribution in [0.4, 0.5) is 10.5 Å². The minimum Gasteiger partial charge on any atom is -0.342 e. The second-order valence-electron chi connectivity index (χ2n) is 8.18. The van der Waals surface area contributed by atoms with Crippen molar-refractivity contribution in [2.75, 3.05) is 31.5 Å². The molecule has 2 aliphatic heterocycles. The Morgan fingerprint density at radius 2 is 1.84 bits per heavy atom. The molecule has 0 unspecified atom stereocenters. The summed E-state index contributed by atoms with van der Waals surface area (Å²) in [5.41, 5.74) is 1.57. The van der Waals surface area contributed by atoms with Crippen LogP contribution in [-0.4, -0.2) is 54.0 Å². The second kappa shape index (κ2) is 10.1. The first-order chi connectivity index (χ1) is 15.1. The molecule has 2 fully saturated rings. The van der Waals surface area contributed by atoms with Crippen LogP contribution in [0.3, 0.4) is 0 Å². The lowest BCUT2D eigenvalue weighted by atomic mass is 9.87. The molecule has 0 radical (unpaired) electrons. The van der Waals surface area contributed by atoms with Gasteiger partial charge in [0, 0.05) is 48.5 Å². The van der Waals surface area contributed by atoms with Crippen LogP contribution < -0.4 is 16.0 Å². The van der Waals surface area contributed by atoms with Crippen molar-refractivity contribution in [1.29, 1.82) is 0 Å². The number of hydrogen-bond acceptors (Lipinski definition) is 4. The van der Waals surface area contributed by atoms with Gasteiger partial charge < -0.3 is 20.9 Å². The van der Waals surface area contributed by atoms with Crippen molar-refractivity contribution in [3.05, 3.63) is 59.4 Å². The Bertz CT molecular complexity index is 887. The first-order valence-electron chi connectivity index (χ1n) is 10.8. The number of nitrogens with zero attached hydrogens (tertiary/aromatic N) is 2. The Morgan fingerprint density at radius 3 is 2.55 bits per heavy atom. The summed E-state index contributed by atoms with van der Waals surface area (Å²) in [5, 5.41) is 9.85. The van der Waals surface area contributed by atoms with Crippen molar-refractivity contribution in [2.45, 2.75) is 31.2 Å². The molecule has 0 aliphatic carbocycles. The Labute approximate surface area is 187 Å². The number of benzene rings is 1. The number of likely N-dealkylation sites (tertiary alicyclic amines) is 1. The molecule has 4 rings (SSSR count). The number of amides is 3. The molecule has 3 heterocycles. The number of aromatic nitrogens is 1. The predicted molar refractivity (Wildman–Crippen MR) is 121 cm³/mol. The molecule has 3 N–H and O–H groups in total. The van der Waals surface area contributed by atoms with Crippen molar-refractivity contribution in [3.63, 3.8) is 0 Å². The van der Waals surface area contributed by atoms with Gasteiger partial charge in [-0.15, -0.1) is 0 Å². The smallest absolute Gasteiger partial charge is 0.319 e. The summed E-state index contributed by atoms with van der Waals surface area (Å²) >= 11 is 6.03. The fourth-order valence-electron chi connectivity index (χ4n) is 4.42. The highest BCUT2D eigenvalue weighted by Crippen LogP contribution is 2.29. The summed E-state index contributed by atoms with van der Waals surface area (Å²) in [6.45, 7) is 2.93. The summed E-state index contributed by atoms with van der Waals surface area (Å²) in [6, 6.07) is 12.6. The number of anilines is 1. The van der Waals surface area contributed by atoms with Gasteiger partial charge in [0.25, 0.3) is 0 Å². The highest BCUT2D eigenvalue weighted by Gasteiger charge is 2.36. The van der Waals surface area contributed by atoms with E-state index in [9.17, 15) is 9.59 Å². The van der Waals surface area contributed by atoms with Crippen LogP contribution in [0.5, 0.6) is 0 Å². The molecular weight excluding hydrogens is 414 g/mol. The molecule has 2 aromatic rings. The fraction of sp³-hybridized carbons (Fsp3) is 0.435. The molecule has 8 heteroatoms. The van der Waals surface area contributed by atoms with E-state index in [0.717, 1.165) is 37.3 Å². The minimum atomic E-state index is -0.256. The number of hydrogen-bond donors (Lipinski definition) is 3. The van der Waals surface area contributed by atoms with Crippen LogP contribution in [0, 0.1) is 5.92 Å². The first kappa shape index (κ1) is 21.6. The van der Waals surface area contributed by atoms with Crippen LogP contribution in [-0.2, 0) is 4.79 Å². The van der Waals surface area contributed by atoms with Gasteiger partial charge in [-0.2, -0.15) is 0 Å². The van der Waals surface area contributed by atoms with Gasteiger partial charge in [-0.1, -0.05) is 29.8 Å². The number of pyridine rings is 1. The summed E-state index contributed by atoms with van der Waals surface area (Å²) in [4.78, 5) is 32.2.